The van der Waals surface area contributed by atoms with Gasteiger partial charge in [0, 0.05) is 12.7 Å². The largest absolute Gasteiger partial charge is 0.304 e. The first-order chi connectivity index (χ1) is 9.73. The Kier molecular flexibility index (Phi) is 7.86. The number of nitriles is 1. The average Bonchev–Trinajstić information content (AvgIpc) is 2.50. The van der Waals surface area contributed by atoms with Gasteiger partial charge in [-0.1, -0.05) is 20.8 Å². The number of nitrogens with zero attached hydrogens (tertiary/aromatic N) is 4. The normalized spacial score (nSPS) is 11.0. The fraction of sp³-hybridized carbons (Fsp3) is 0.625. The van der Waals surface area contributed by atoms with Crippen LogP contribution >= 0.6 is 0 Å². The second-order valence-corrected chi connectivity index (χ2v) is 4.91. The Bertz CT molecular complexity index is 421. The molecule has 0 saturated heterocycles. The van der Waals surface area contributed by atoms with Crippen molar-refractivity contribution in [2.45, 2.75) is 33.7 Å². The number of rotatable bonds is 9. The first-order valence-electron chi connectivity index (χ1n) is 7.53. The predicted molar refractivity (Wildman–Crippen MR) is 82.3 cm³/mol. The average molecular weight is 274 g/mol. The van der Waals surface area contributed by atoms with Gasteiger partial charge in [0.25, 0.3) is 0 Å². The Morgan fingerprint density at radius 2 is 1.75 bits per heavy atom. The molecule has 1 aromatic rings. The van der Waals surface area contributed by atoms with Gasteiger partial charge in [0.15, 0.2) is 0 Å². The maximum absolute atomic E-state index is 8.88. The zero-order chi connectivity index (χ0) is 14.8. The lowest BCUT2D eigenvalue weighted by Crippen LogP contribution is -2.29. The lowest BCUT2D eigenvalue weighted by Gasteiger charge is -2.23. The predicted octanol–water partition coefficient (Wildman–Crippen LogP) is 2.51. The molecule has 1 heterocycles. The van der Waals surface area contributed by atoms with Crippen molar-refractivity contribution in [1.82, 2.24) is 14.8 Å². The highest BCUT2D eigenvalue weighted by Gasteiger charge is 2.06. The van der Waals surface area contributed by atoms with E-state index in [0.29, 0.717) is 5.69 Å². The Morgan fingerprint density at radius 1 is 1.10 bits per heavy atom. The van der Waals surface area contributed by atoms with E-state index in [1.807, 2.05) is 12.1 Å². The molecule has 0 atom stereocenters. The minimum absolute atomic E-state index is 0.502. The van der Waals surface area contributed by atoms with E-state index in [1.165, 1.54) is 12.0 Å². The SMILES string of the molecule is CCN(CC)CCCN(CC)Cc1ccnc(C#N)c1. The van der Waals surface area contributed by atoms with Crippen LogP contribution in [0.4, 0.5) is 0 Å². The molecular weight excluding hydrogens is 248 g/mol. The summed E-state index contributed by atoms with van der Waals surface area (Å²) < 4.78 is 0. The summed E-state index contributed by atoms with van der Waals surface area (Å²) in [4.78, 5) is 8.88. The van der Waals surface area contributed by atoms with Gasteiger partial charge in [-0.15, -0.1) is 0 Å². The molecule has 0 bridgehead atoms. The van der Waals surface area contributed by atoms with E-state index in [2.05, 4.69) is 41.6 Å². The molecule has 0 spiro atoms. The number of pyridine rings is 1. The third kappa shape index (κ3) is 5.68. The van der Waals surface area contributed by atoms with Crippen LogP contribution in [0.5, 0.6) is 0 Å². The van der Waals surface area contributed by atoms with E-state index in [4.69, 9.17) is 5.26 Å². The van der Waals surface area contributed by atoms with E-state index >= 15 is 0 Å². The van der Waals surface area contributed by atoms with Crippen molar-refractivity contribution in [3.8, 4) is 6.07 Å². The fourth-order valence-electron chi connectivity index (χ4n) is 2.30. The van der Waals surface area contributed by atoms with Crippen LogP contribution in [-0.2, 0) is 6.54 Å². The summed E-state index contributed by atoms with van der Waals surface area (Å²) in [5, 5.41) is 8.88. The zero-order valence-electron chi connectivity index (χ0n) is 13.0. The topological polar surface area (TPSA) is 43.2 Å². The van der Waals surface area contributed by atoms with Crippen molar-refractivity contribution in [3.05, 3.63) is 29.6 Å². The molecule has 1 rings (SSSR count). The molecule has 110 valence electrons. The summed E-state index contributed by atoms with van der Waals surface area (Å²) in [6, 6.07) is 5.97. The molecule has 1 aromatic heterocycles. The van der Waals surface area contributed by atoms with Crippen molar-refractivity contribution in [2.24, 2.45) is 0 Å². The second-order valence-electron chi connectivity index (χ2n) is 4.91. The summed E-state index contributed by atoms with van der Waals surface area (Å²) >= 11 is 0. The highest BCUT2D eigenvalue weighted by Crippen LogP contribution is 2.06. The van der Waals surface area contributed by atoms with Crippen molar-refractivity contribution < 1.29 is 0 Å². The number of aromatic nitrogens is 1. The van der Waals surface area contributed by atoms with Crippen molar-refractivity contribution in [2.75, 3.05) is 32.7 Å². The Labute approximate surface area is 123 Å². The standard InChI is InChI=1S/C16H26N4/c1-4-19(5-2)10-7-11-20(6-3)14-15-8-9-18-16(12-15)13-17/h8-9,12H,4-7,10-11,14H2,1-3H3. The Balaban J connectivity index is 2.44. The molecule has 0 unspecified atom stereocenters. The molecule has 4 heteroatoms. The van der Waals surface area contributed by atoms with Gasteiger partial charge in [-0.3, -0.25) is 4.90 Å². The lowest BCUT2D eigenvalue weighted by atomic mass is 10.2. The Morgan fingerprint density at radius 3 is 2.35 bits per heavy atom. The minimum atomic E-state index is 0.502. The molecule has 0 amide bonds. The lowest BCUT2D eigenvalue weighted by molar-refractivity contribution is 0.238. The molecule has 0 fully saturated rings. The Hall–Kier alpha value is -1.44. The van der Waals surface area contributed by atoms with E-state index in [-0.39, 0.29) is 0 Å². The van der Waals surface area contributed by atoms with Crippen LogP contribution < -0.4 is 0 Å². The summed E-state index contributed by atoms with van der Waals surface area (Å²) in [6.45, 7) is 13.0. The molecule has 0 aromatic carbocycles. The molecule has 20 heavy (non-hydrogen) atoms. The van der Waals surface area contributed by atoms with Gasteiger partial charge in [0.05, 0.1) is 0 Å². The summed E-state index contributed by atoms with van der Waals surface area (Å²) in [5.41, 5.74) is 1.67. The maximum atomic E-state index is 8.88. The summed E-state index contributed by atoms with van der Waals surface area (Å²) in [6.07, 6.45) is 2.91. The van der Waals surface area contributed by atoms with Gasteiger partial charge in [-0.2, -0.15) is 5.26 Å². The monoisotopic (exact) mass is 274 g/mol. The van der Waals surface area contributed by atoms with Gasteiger partial charge in [0.1, 0.15) is 11.8 Å². The molecular formula is C16H26N4. The zero-order valence-corrected chi connectivity index (χ0v) is 13.0. The minimum Gasteiger partial charge on any atom is -0.304 e. The third-order valence-corrected chi connectivity index (χ3v) is 3.64. The van der Waals surface area contributed by atoms with Gasteiger partial charge in [0.2, 0.25) is 0 Å². The quantitative estimate of drug-likeness (QED) is 0.694. The van der Waals surface area contributed by atoms with E-state index in [9.17, 15) is 0 Å². The van der Waals surface area contributed by atoms with Gasteiger partial charge < -0.3 is 4.90 Å². The van der Waals surface area contributed by atoms with Crippen LogP contribution in [0.25, 0.3) is 0 Å². The van der Waals surface area contributed by atoms with Gasteiger partial charge >= 0.3 is 0 Å². The second kappa shape index (κ2) is 9.46. The van der Waals surface area contributed by atoms with Crippen LogP contribution in [0.15, 0.2) is 18.3 Å². The first-order valence-corrected chi connectivity index (χ1v) is 7.53. The first kappa shape index (κ1) is 16.6. The van der Waals surface area contributed by atoms with Crippen molar-refractivity contribution in [1.29, 1.82) is 5.26 Å². The van der Waals surface area contributed by atoms with Crippen LogP contribution in [0.2, 0.25) is 0 Å². The van der Waals surface area contributed by atoms with E-state index in [0.717, 1.165) is 39.3 Å². The fourth-order valence-corrected chi connectivity index (χ4v) is 2.30. The van der Waals surface area contributed by atoms with E-state index in [1.54, 1.807) is 6.20 Å². The highest BCUT2D eigenvalue weighted by atomic mass is 15.1. The molecule has 4 nitrogen and oxygen atoms in total. The molecule has 0 N–H and O–H groups in total. The summed E-state index contributed by atoms with van der Waals surface area (Å²) in [5.74, 6) is 0. The van der Waals surface area contributed by atoms with Crippen molar-refractivity contribution >= 4 is 0 Å². The highest BCUT2D eigenvalue weighted by molar-refractivity contribution is 5.25. The molecule has 0 aliphatic heterocycles. The van der Waals surface area contributed by atoms with Gasteiger partial charge in [-0.25, -0.2) is 4.98 Å². The van der Waals surface area contributed by atoms with Gasteiger partial charge in [-0.05, 0) is 56.8 Å². The summed E-state index contributed by atoms with van der Waals surface area (Å²) in [7, 11) is 0. The maximum Gasteiger partial charge on any atom is 0.140 e. The molecule has 0 aliphatic rings. The smallest absolute Gasteiger partial charge is 0.140 e. The molecule has 0 radical (unpaired) electrons. The number of hydrogen-bond acceptors (Lipinski definition) is 4. The van der Waals surface area contributed by atoms with E-state index < -0.39 is 0 Å². The van der Waals surface area contributed by atoms with Crippen LogP contribution in [0.3, 0.4) is 0 Å². The van der Waals surface area contributed by atoms with Crippen LogP contribution in [-0.4, -0.2) is 47.5 Å². The number of hydrogen-bond donors (Lipinski definition) is 0. The van der Waals surface area contributed by atoms with Crippen LogP contribution in [0, 0.1) is 11.3 Å². The third-order valence-electron chi connectivity index (χ3n) is 3.64. The van der Waals surface area contributed by atoms with Crippen molar-refractivity contribution in [3.63, 3.8) is 0 Å². The van der Waals surface area contributed by atoms with Crippen LogP contribution in [0.1, 0.15) is 38.4 Å². The molecule has 0 saturated carbocycles. The molecule has 0 aliphatic carbocycles.